The van der Waals surface area contributed by atoms with Gasteiger partial charge in [-0.25, -0.2) is 14.1 Å². The molecule has 1 unspecified atom stereocenters. The highest BCUT2D eigenvalue weighted by Crippen LogP contribution is 2.41. The van der Waals surface area contributed by atoms with E-state index < -0.39 is 12.9 Å². The maximum absolute atomic E-state index is 13.6. The fourth-order valence-electron chi connectivity index (χ4n) is 4.02. The molecule has 0 bridgehead atoms. The fourth-order valence-corrected chi connectivity index (χ4v) is 5.36. The molecule has 0 radical (unpaired) electrons. The molecule has 10 heteroatoms. The maximum Gasteiger partial charge on any atom is 0.263 e. The zero-order valence-electron chi connectivity index (χ0n) is 19.9. The number of hydrogen-bond donors (Lipinski definition) is 1. The van der Waals surface area contributed by atoms with Crippen LogP contribution in [0.5, 0.6) is 0 Å². The van der Waals surface area contributed by atoms with E-state index in [2.05, 4.69) is 15.1 Å². The van der Waals surface area contributed by atoms with E-state index in [-0.39, 0.29) is 35.5 Å². The van der Waals surface area contributed by atoms with Gasteiger partial charge in [0.1, 0.15) is 11.4 Å². The zero-order valence-corrected chi connectivity index (χ0v) is 20.8. The lowest BCUT2D eigenvalue weighted by atomic mass is 9.86. The van der Waals surface area contributed by atoms with Crippen molar-refractivity contribution in [2.45, 2.75) is 25.7 Å². The molecule has 0 aliphatic heterocycles. The van der Waals surface area contributed by atoms with Crippen molar-refractivity contribution in [2.75, 3.05) is 13.3 Å². The monoisotopic (exact) mass is 508 g/mol. The molecule has 0 fully saturated rings. The van der Waals surface area contributed by atoms with E-state index in [9.17, 15) is 18.5 Å². The predicted molar refractivity (Wildman–Crippen MR) is 135 cm³/mol. The topological polar surface area (TPSA) is 107 Å². The summed E-state index contributed by atoms with van der Waals surface area (Å²) in [5.41, 5.74) is 1.11. The van der Waals surface area contributed by atoms with Crippen molar-refractivity contribution in [3.63, 3.8) is 0 Å². The zero-order chi connectivity index (χ0) is 25.7. The lowest BCUT2D eigenvalue weighted by Gasteiger charge is -2.19. The summed E-state index contributed by atoms with van der Waals surface area (Å²) >= 11 is 0. The molecule has 36 heavy (non-hydrogen) atoms. The highest BCUT2D eigenvalue weighted by Gasteiger charge is 2.22. The fraction of sp³-hybridized carbons (Fsp3) is 0.231. The largest absolute Gasteiger partial charge is 0.326 e. The van der Waals surface area contributed by atoms with Crippen LogP contribution in [0.3, 0.4) is 0 Å². The molecule has 2 heterocycles. The van der Waals surface area contributed by atoms with E-state index >= 15 is 0 Å². The second-order valence-corrected chi connectivity index (χ2v) is 10.8. The summed E-state index contributed by atoms with van der Waals surface area (Å²) in [4.78, 5) is 32.2. The van der Waals surface area contributed by atoms with Crippen LogP contribution in [0.4, 0.5) is 4.39 Å². The summed E-state index contributed by atoms with van der Waals surface area (Å²) in [6.07, 6.45) is 4.88. The molecule has 2 atom stereocenters. The number of halogens is 1. The van der Waals surface area contributed by atoms with Gasteiger partial charge in [-0.2, -0.15) is 5.10 Å². The van der Waals surface area contributed by atoms with Gasteiger partial charge in [0, 0.05) is 42.9 Å². The van der Waals surface area contributed by atoms with Crippen LogP contribution in [0, 0.1) is 5.82 Å². The lowest BCUT2D eigenvalue weighted by Crippen LogP contribution is -2.21. The molecule has 8 nitrogen and oxygen atoms in total. The van der Waals surface area contributed by atoms with E-state index in [4.69, 9.17) is 4.52 Å². The van der Waals surface area contributed by atoms with Crippen molar-refractivity contribution in [3.8, 4) is 5.95 Å². The number of carbonyl (C=O) groups is 1. The van der Waals surface area contributed by atoms with Crippen LogP contribution < -0.4 is 10.9 Å². The van der Waals surface area contributed by atoms with E-state index in [1.807, 2.05) is 12.1 Å². The summed E-state index contributed by atoms with van der Waals surface area (Å²) < 4.78 is 33.1. The quantitative estimate of drug-likeness (QED) is 0.250. The Balaban J connectivity index is 1.56. The van der Waals surface area contributed by atoms with Gasteiger partial charge in [0.25, 0.3) is 5.56 Å². The molecule has 2 aromatic heterocycles. The van der Waals surface area contributed by atoms with Gasteiger partial charge >= 0.3 is 0 Å². The van der Waals surface area contributed by atoms with E-state index in [1.54, 1.807) is 56.3 Å². The molecule has 0 amide bonds. The molecular weight excluding hydrogens is 482 g/mol. The van der Waals surface area contributed by atoms with Crippen LogP contribution in [0.2, 0.25) is 0 Å². The van der Waals surface area contributed by atoms with Crippen LogP contribution in [-0.4, -0.2) is 38.8 Å². The maximum atomic E-state index is 13.6. The SMILES string of the molecule is CCOP(C)(=O)c1ccc([C@@H](CCC(=O)c2cnc(-n3cccn3)[nH]c2=O)c2ccc(F)cc2)cc1. The first-order valence-corrected chi connectivity index (χ1v) is 13.6. The first-order chi connectivity index (χ1) is 17.3. The van der Waals surface area contributed by atoms with Crippen LogP contribution in [0.25, 0.3) is 5.95 Å². The Bertz CT molecular complexity index is 1430. The van der Waals surface area contributed by atoms with Crippen molar-refractivity contribution < 1.29 is 18.3 Å². The Morgan fingerprint density at radius 2 is 1.81 bits per heavy atom. The van der Waals surface area contributed by atoms with Gasteiger partial charge in [0.05, 0.1) is 6.61 Å². The number of hydrogen-bond acceptors (Lipinski definition) is 6. The molecule has 186 valence electrons. The summed E-state index contributed by atoms with van der Waals surface area (Å²) in [6.45, 7) is 3.70. The minimum absolute atomic E-state index is 0.0391. The Morgan fingerprint density at radius 1 is 1.14 bits per heavy atom. The highest BCUT2D eigenvalue weighted by molar-refractivity contribution is 7.66. The normalized spacial score (nSPS) is 13.8. The van der Waals surface area contributed by atoms with Crippen LogP contribution in [0.15, 0.2) is 78.0 Å². The van der Waals surface area contributed by atoms with Gasteiger partial charge < -0.3 is 4.52 Å². The number of rotatable bonds is 10. The molecule has 2 aromatic carbocycles. The number of nitrogens with one attached hydrogen (secondary N) is 1. The number of aromatic nitrogens is 4. The number of Topliss-reactive ketones (excluding diaryl/α,β-unsaturated/α-hetero) is 1. The van der Waals surface area contributed by atoms with E-state index in [1.165, 1.54) is 23.0 Å². The average Bonchev–Trinajstić information content (AvgIpc) is 3.40. The standard InChI is InChI=1S/C26H26FN4O4P/c1-3-35-36(2,34)21-11-7-19(8-12-21)22(18-5-9-20(27)10-6-18)13-14-24(32)23-17-28-26(30-25(23)33)31-16-4-15-29-31/h4-12,15-17,22H,3,13-14H2,1-2H3,(H,28,30,33)/t22-,36?/m0/s1. The van der Waals surface area contributed by atoms with Gasteiger partial charge in [-0.05, 0) is 54.8 Å². The first kappa shape index (κ1) is 25.4. The molecule has 4 aromatic rings. The Labute approximate surface area is 207 Å². The van der Waals surface area contributed by atoms with Crippen molar-refractivity contribution in [1.82, 2.24) is 19.7 Å². The van der Waals surface area contributed by atoms with Gasteiger partial charge in [-0.15, -0.1) is 0 Å². The molecule has 0 saturated carbocycles. The van der Waals surface area contributed by atoms with Crippen LogP contribution in [-0.2, 0) is 9.09 Å². The first-order valence-electron chi connectivity index (χ1n) is 11.5. The van der Waals surface area contributed by atoms with Gasteiger partial charge in [0.2, 0.25) is 13.3 Å². The minimum Gasteiger partial charge on any atom is -0.326 e. The van der Waals surface area contributed by atoms with Gasteiger partial charge in [0.15, 0.2) is 5.78 Å². The third-order valence-electron chi connectivity index (χ3n) is 5.88. The highest BCUT2D eigenvalue weighted by atomic mass is 31.2. The predicted octanol–water partition coefficient (Wildman–Crippen LogP) is 4.46. The molecule has 4 rings (SSSR count). The molecule has 0 aliphatic carbocycles. The van der Waals surface area contributed by atoms with Crippen LogP contribution >= 0.6 is 7.37 Å². The second-order valence-electron chi connectivity index (χ2n) is 8.32. The third-order valence-corrected chi connectivity index (χ3v) is 7.87. The number of nitrogens with zero attached hydrogens (tertiary/aromatic N) is 3. The molecule has 0 spiro atoms. The molecule has 1 N–H and O–H groups in total. The second kappa shape index (κ2) is 10.9. The van der Waals surface area contributed by atoms with Crippen LogP contribution in [0.1, 0.15) is 47.2 Å². The number of benzene rings is 2. The average molecular weight is 508 g/mol. The van der Waals surface area contributed by atoms with Crippen molar-refractivity contribution in [1.29, 1.82) is 0 Å². The number of aromatic amines is 1. The summed E-state index contributed by atoms with van der Waals surface area (Å²) in [6, 6.07) is 15.0. The number of ketones is 1. The summed E-state index contributed by atoms with van der Waals surface area (Å²) in [5, 5.41) is 4.61. The number of H-pyrrole nitrogens is 1. The third kappa shape index (κ3) is 5.75. The summed E-state index contributed by atoms with van der Waals surface area (Å²) in [7, 11) is -2.93. The Hall–Kier alpha value is -3.68. The summed E-state index contributed by atoms with van der Waals surface area (Å²) in [5.74, 6) is -0.746. The number of carbonyl (C=O) groups excluding carboxylic acids is 1. The van der Waals surface area contributed by atoms with E-state index in [0.717, 1.165) is 11.1 Å². The Morgan fingerprint density at radius 3 is 2.39 bits per heavy atom. The molecular formula is C26H26FN4O4P. The van der Waals surface area contributed by atoms with Crippen molar-refractivity contribution in [2.24, 2.45) is 0 Å². The van der Waals surface area contributed by atoms with Gasteiger partial charge in [-0.3, -0.25) is 19.1 Å². The smallest absolute Gasteiger partial charge is 0.263 e. The van der Waals surface area contributed by atoms with Crippen molar-refractivity contribution >= 4 is 18.5 Å². The lowest BCUT2D eigenvalue weighted by molar-refractivity contribution is 0.0976. The molecule has 0 saturated heterocycles. The molecule has 0 aliphatic rings. The van der Waals surface area contributed by atoms with E-state index in [0.29, 0.717) is 18.3 Å². The minimum atomic E-state index is -2.93. The Kier molecular flexibility index (Phi) is 7.72. The van der Waals surface area contributed by atoms with Gasteiger partial charge in [-0.1, -0.05) is 24.3 Å². The van der Waals surface area contributed by atoms with Crippen molar-refractivity contribution in [3.05, 3.63) is 106 Å².